The lowest BCUT2D eigenvalue weighted by Crippen LogP contribution is -2.19. The van der Waals surface area contributed by atoms with Crippen molar-refractivity contribution in [1.82, 2.24) is 9.55 Å². The second-order valence-electron chi connectivity index (χ2n) is 6.06. The highest BCUT2D eigenvalue weighted by Gasteiger charge is 2.11. The van der Waals surface area contributed by atoms with Crippen LogP contribution >= 0.6 is 0 Å². The molecule has 0 bridgehead atoms. The van der Waals surface area contributed by atoms with E-state index in [9.17, 15) is 9.18 Å². The van der Waals surface area contributed by atoms with Gasteiger partial charge >= 0.3 is 5.56 Å². The van der Waals surface area contributed by atoms with E-state index in [-0.39, 0.29) is 11.6 Å². The third-order valence-electron chi connectivity index (χ3n) is 4.30. The van der Waals surface area contributed by atoms with E-state index in [2.05, 4.69) is 10.3 Å². The highest BCUT2D eigenvalue weighted by molar-refractivity contribution is 5.60. The van der Waals surface area contributed by atoms with Crippen LogP contribution in [0.25, 0.3) is 0 Å². The van der Waals surface area contributed by atoms with Gasteiger partial charge in [-0.3, -0.25) is 4.79 Å². The van der Waals surface area contributed by atoms with E-state index in [1.807, 2.05) is 32.0 Å². The second-order valence-corrected chi connectivity index (χ2v) is 6.06. The minimum absolute atomic E-state index is 0.152. The molecule has 0 radical (unpaired) electrons. The molecule has 3 aromatic rings. The first kappa shape index (κ1) is 17.7. The number of nitrogens with zero attached hydrogens (tertiary/aromatic N) is 2. The number of methoxy groups -OCH3 is 1. The fraction of sp³-hybridized carbons (Fsp3) is 0.200. The summed E-state index contributed by atoms with van der Waals surface area (Å²) >= 11 is 0. The van der Waals surface area contributed by atoms with Gasteiger partial charge in [0.05, 0.1) is 19.9 Å². The Hall–Kier alpha value is -3.15. The Morgan fingerprint density at radius 3 is 2.58 bits per heavy atom. The standard InChI is InChI=1S/C20H20FN3O2/c1-13-5-4-6-17(14(13)2)22-20-23-19(25)18(26-3)12-24(20)11-15-7-9-16(21)10-8-15/h4-10,12H,11H2,1-3H3,(H,22,23,25). The summed E-state index contributed by atoms with van der Waals surface area (Å²) in [7, 11) is 1.43. The summed E-state index contributed by atoms with van der Waals surface area (Å²) in [5, 5.41) is 3.23. The van der Waals surface area contributed by atoms with Crippen LogP contribution in [0.4, 0.5) is 16.0 Å². The number of hydrogen-bond donors (Lipinski definition) is 1. The SMILES string of the molecule is COc1cn(Cc2ccc(F)cc2)c(Nc2cccc(C)c2C)nc1=O. The summed E-state index contributed by atoms with van der Waals surface area (Å²) in [5.41, 5.74) is 3.51. The molecule has 0 aliphatic carbocycles. The van der Waals surface area contributed by atoms with Crippen molar-refractivity contribution in [1.29, 1.82) is 0 Å². The molecule has 1 heterocycles. The van der Waals surface area contributed by atoms with E-state index in [4.69, 9.17) is 4.74 Å². The van der Waals surface area contributed by atoms with E-state index in [0.29, 0.717) is 12.5 Å². The molecule has 0 amide bonds. The number of aromatic nitrogens is 2. The van der Waals surface area contributed by atoms with Gasteiger partial charge in [0.1, 0.15) is 5.82 Å². The number of halogens is 1. The third-order valence-corrected chi connectivity index (χ3v) is 4.30. The van der Waals surface area contributed by atoms with E-state index in [0.717, 1.165) is 22.4 Å². The van der Waals surface area contributed by atoms with Gasteiger partial charge in [-0.25, -0.2) is 4.39 Å². The van der Waals surface area contributed by atoms with E-state index < -0.39 is 5.56 Å². The number of ether oxygens (including phenoxy) is 1. The molecule has 0 spiro atoms. The van der Waals surface area contributed by atoms with Crippen molar-refractivity contribution in [3.63, 3.8) is 0 Å². The summed E-state index contributed by atoms with van der Waals surface area (Å²) in [5.74, 6) is 0.255. The molecule has 5 nitrogen and oxygen atoms in total. The van der Waals surface area contributed by atoms with Crippen molar-refractivity contribution in [3.05, 3.63) is 81.5 Å². The summed E-state index contributed by atoms with van der Waals surface area (Å²) < 4.78 is 20.0. The predicted molar refractivity (Wildman–Crippen MR) is 99.7 cm³/mol. The molecular formula is C20H20FN3O2. The Balaban J connectivity index is 2.02. The lowest BCUT2D eigenvalue weighted by Gasteiger charge is -2.17. The average Bonchev–Trinajstić information content (AvgIpc) is 2.63. The fourth-order valence-electron chi connectivity index (χ4n) is 2.63. The second kappa shape index (κ2) is 7.39. The number of nitrogens with one attached hydrogen (secondary N) is 1. The molecular weight excluding hydrogens is 333 g/mol. The van der Waals surface area contributed by atoms with Crippen LogP contribution in [0, 0.1) is 19.7 Å². The zero-order chi connectivity index (χ0) is 18.7. The van der Waals surface area contributed by atoms with Gasteiger partial charge in [0.25, 0.3) is 0 Å². The van der Waals surface area contributed by atoms with Crippen molar-refractivity contribution in [2.75, 3.05) is 12.4 Å². The molecule has 134 valence electrons. The molecule has 0 fully saturated rings. The molecule has 1 N–H and O–H groups in total. The Labute approximate surface area is 151 Å². The molecule has 0 saturated carbocycles. The van der Waals surface area contributed by atoms with Crippen molar-refractivity contribution in [3.8, 4) is 5.75 Å². The van der Waals surface area contributed by atoms with Gasteiger partial charge < -0.3 is 14.6 Å². The van der Waals surface area contributed by atoms with Crippen LogP contribution in [0.15, 0.2) is 53.5 Å². The lowest BCUT2D eigenvalue weighted by molar-refractivity contribution is 0.402. The highest BCUT2D eigenvalue weighted by atomic mass is 19.1. The molecule has 2 aromatic carbocycles. The van der Waals surface area contributed by atoms with Crippen LogP contribution in [0.1, 0.15) is 16.7 Å². The quantitative estimate of drug-likeness (QED) is 0.758. The first-order valence-electron chi connectivity index (χ1n) is 8.21. The van der Waals surface area contributed by atoms with Gasteiger partial charge in [-0.05, 0) is 48.7 Å². The molecule has 0 aliphatic heterocycles. The minimum Gasteiger partial charge on any atom is -0.490 e. The average molecular weight is 353 g/mol. The van der Waals surface area contributed by atoms with Gasteiger partial charge in [0.2, 0.25) is 11.7 Å². The Bertz CT molecular complexity index is 981. The summed E-state index contributed by atoms with van der Waals surface area (Å²) in [6.07, 6.45) is 1.60. The minimum atomic E-state index is -0.448. The van der Waals surface area contributed by atoms with Gasteiger partial charge in [-0.2, -0.15) is 4.98 Å². The maximum absolute atomic E-state index is 13.2. The van der Waals surface area contributed by atoms with Crippen LogP contribution in [0.2, 0.25) is 0 Å². The molecule has 1 aromatic heterocycles. The van der Waals surface area contributed by atoms with Crippen molar-refractivity contribution < 1.29 is 9.13 Å². The van der Waals surface area contributed by atoms with Crippen LogP contribution in [-0.2, 0) is 6.54 Å². The predicted octanol–water partition coefficient (Wildman–Crippen LogP) is 3.80. The van der Waals surface area contributed by atoms with Gasteiger partial charge in [0.15, 0.2) is 0 Å². The third kappa shape index (κ3) is 3.74. The van der Waals surface area contributed by atoms with Crippen LogP contribution in [-0.4, -0.2) is 16.7 Å². The Morgan fingerprint density at radius 1 is 1.15 bits per heavy atom. The number of anilines is 2. The Kier molecular flexibility index (Phi) is 5.02. The molecule has 0 saturated heterocycles. The summed E-state index contributed by atoms with van der Waals surface area (Å²) in [6.45, 7) is 4.44. The van der Waals surface area contributed by atoms with Crippen LogP contribution in [0.3, 0.4) is 0 Å². The molecule has 0 atom stereocenters. The first-order chi connectivity index (χ1) is 12.5. The smallest absolute Gasteiger partial charge is 0.316 e. The number of hydrogen-bond acceptors (Lipinski definition) is 4. The normalized spacial score (nSPS) is 10.6. The first-order valence-corrected chi connectivity index (χ1v) is 8.21. The largest absolute Gasteiger partial charge is 0.490 e. The zero-order valence-corrected chi connectivity index (χ0v) is 14.9. The topological polar surface area (TPSA) is 56.1 Å². The van der Waals surface area contributed by atoms with Crippen LogP contribution < -0.4 is 15.6 Å². The fourth-order valence-corrected chi connectivity index (χ4v) is 2.63. The highest BCUT2D eigenvalue weighted by Crippen LogP contribution is 2.22. The van der Waals surface area contributed by atoms with E-state index in [1.165, 1.54) is 19.2 Å². The van der Waals surface area contributed by atoms with Crippen molar-refractivity contribution in [2.45, 2.75) is 20.4 Å². The lowest BCUT2D eigenvalue weighted by atomic mass is 10.1. The Morgan fingerprint density at radius 2 is 1.88 bits per heavy atom. The maximum Gasteiger partial charge on any atom is 0.316 e. The van der Waals surface area contributed by atoms with Crippen molar-refractivity contribution in [2.24, 2.45) is 0 Å². The molecule has 26 heavy (non-hydrogen) atoms. The number of benzene rings is 2. The van der Waals surface area contributed by atoms with E-state index >= 15 is 0 Å². The van der Waals surface area contributed by atoms with Gasteiger partial charge in [-0.15, -0.1) is 0 Å². The molecule has 6 heteroatoms. The maximum atomic E-state index is 13.2. The molecule has 0 unspecified atom stereocenters. The van der Waals surface area contributed by atoms with Crippen molar-refractivity contribution >= 4 is 11.6 Å². The zero-order valence-electron chi connectivity index (χ0n) is 14.9. The number of aryl methyl sites for hydroxylation is 1. The number of rotatable bonds is 5. The monoisotopic (exact) mass is 353 g/mol. The van der Waals surface area contributed by atoms with Crippen LogP contribution in [0.5, 0.6) is 5.75 Å². The molecule has 0 aliphatic rings. The summed E-state index contributed by atoms with van der Waals surface area (Å²) in [4.78, 5) is 16.2. The van der Waals surface area contributed by atoms with E-state index in [1.54, 1.807) is 22.9 Å². The molecule has 3 rings (SSSR count). The van der Waals surface area contributed by atoms with Gasteiger partial charge in [0, 0.05) is 5.69 Å². The summed E-state index contributed by atoms with van der Waals surface area (Å²) in [6, 6.07) is 12.1. The van der Waals surface area contributed by atoms with Gasteiger partial charge in [-0.1, -0.05) is 24.3 Å².